The molecule has 0 spiro atoms. The van der Waals surface area contributed by atoms with E-state index in [9.17, 15) is 0 Å². The van der Waals surface area contributed by atoms with Gasteiger partial charge in [-0.05, 0) is 63.6 Å². The molecule has 0 unspecified atom stereocenters. The molecule has 0 amide bonds. The Balaban J connectivity index is 1.73. The predicted octanol–water partition coefficient (Wildman–Crippen LogP) is 1.85. The highest BCUT2D eigenvalue weighted by Crippen LogP contribution is 2.29. The molecule has 2 nitrogen and oxygen atoms in total. The summed E-state index contributed by atoms with van der Waals surface area (Å²) >= 11 is 0. The van der Waals surface area contributed by atoms with Gasteiger partial charge in [-0.2, -0.15) is 0 Å². The number of hydrogen-bond donors (Lipinski definition) is 1. The Morgan fingerprint density at radius 3 is 2.43 bits per heavy atom. The molecule has 0 aromatic heterocycles. The molecule has 2 heteroatoms. The molecule has 0 aromatic carbocycles. The second-order valence-corrected chi connectivity index (χ2v) is 5.14. The van der Waals surface area contributed by atoms with E-state index in [1.807, 2.05) is 0 Å². The van der Waals surface area contributed by atoms with Crippen molar-refractivity contribution in [3.05, 3.63) is 0 Å². The first-order valence-corrected chi connectivity index (χ1v) is 6.31. The Morgan fingerprint density at radius 1 is 1.00 bits per heavy atom. The maximum atomic E-state index is 5.76. The molecular formula is C12H24N2. The fourth-order valence-corrected chi connectivity index (χ4v) is 3.11. The first-order valence-electron chi connectivity index (χ1n) is 6.31. The van der Waals surface area contributed by atoms with Crippen LogP contribution < -0.4 is 5.73 Å². The zero-order chi connectivity index (χ0) is 9.80. The lowest BCUT2D eigenvalue weighted by Crippen LogP contribution is -2.31. The van der Waals surface area contributed by atoms with E-state index in [0.29, 0.717) is 0 Å². The first-order chi connectivity index (χ1) is 6.88. The van der Waals surface area contributed by atoms with Crippen LogP contribution in [0, 0.1) is 11.8 Å². The van der Waals surface area contributed by atoms with E-state index in [4.69, 9.17) is 5.73 Å². The van der Waals surface area contributed by atoms with Crippen molar-refractivity contribution in [3.8, 4) is 0 Å². The molecule has 2 fully saturated rings. The number of hydrogen-bond acceptors (Lipinski definition) is 2. The number of nitrogens with two attached hydrogens (primary N) is 1. The van der Waals surface area contributed by atoms with Crippen LogP contribution in [0.1, 0.15) is 38.5 Å². The van der Waals surface area contributed by atoms with E-state index in [2.05, 4.69) is 4.90 Å². The molecule has 0 radical (unpaired) electrons. The second kappa shape index (κ2) is 5.13. The standard InChI is InChI=1S/C12H24N2/c13-9-11-4-3-5-12(8-11)10-14-6-1-2-7-14/h11-12H,1-10,13H2/t11-,12+/m1/s1. The van der Waals surface area contributed by atoms with E-state index in [-0.39, 0.29) is 0 Å². The van der Waals surface area contributed by atoms with Gasteiger partial charge in [0.1, 0.15) is 0 Å². The normalized spacial score (nSPS) is 34.9. The van der Waals surface area contributed by atoms with E-state index in [0.717, 1.165) is 18.4 Å². The van der Waals surface area contributed by atoms with Crippen LogP contribution in [0.15, 0.2) is 0 Å². The molecule has 0 bridgehead atoms. The van der Waals surface area contributed by atoms with E-state index in [1.165, 1.54) is 58.2 Å². The number of rotatable bonds is 3. The second-order valence-electron chi connectivity index (χ2n) is 5.14. The molecule has 1 heterocycles. The summed E-state index contributed by atoms with van der Waals surface area (Å²) in [6.07, 6.45) is 8.49. The lowest BCUT2D eigenvalue weighted by atomic mass is 9.81. The van der Waals surface area contributed by atoms with Crippen LogP contribution >= 0.6 is 0 Å². The summed E-state index contributed by atoms with van der Waals surface area (Å²) < 4.78 is 0. The van der Waals surface area contributed by atoms with E-state index < -0.39 is 0 Å². The maximum Gasteiger partial charge on any atom is 0.000977 e. The SMILES string of the molecule is NC[C@@H]1CCC[C@H](CN2CCCC2)C1. The lowest BCUT2D eigenvalue weighted by molar-refractivity contribution is 0.199. The highest BCUT2D eigenvalue weighted by molar-refractivity contribution is 4.77. The largest absolute Gasteiger partial charge is 0.330 e. The minimum atomic E-state index is 0.830. The minimum Gasteiger partial charge on any atom is -0.330 e. The van der Waals surface area contributed by atoms with Gasteiger partial charge in [0.25, 0.3) is 0 Å². The van der Waals surface area contributed by atoms with Crippen LogP contribution in [-0.2, 0) is 0 Å². The highest BCUT2D eigenvalue weighted by atomic mass is 15.1. The highest BCUT2D eigenvalue weighted by Gasteiger charge is 2.23. The summed E-state index contributed by atoms with van der Waals surface area (Å²) in [7, 11) is 0. The molecule has 2 aliphatic rings. The Labute approximate surface area is 87.8 Å². The topological polar surface area (TPSA) is 29.3 Å². The van der Waals surface area contributed by atoms with Gasteiger partial charge < -0.3 is 10.6 Å². The fourth-order valence-electron chi connectivity index (χ4n) is 3.11. The quantitative estimate of drug-likeness (QED) is 0.746. The van der Waals surface area contributed by atoms with Crippen LogP contribution in [0.5, 0.6) is 0 Å². The van der Waals surface area contributed by atoms with Gasteiger partial charge in [-0.1, -0.05) is 6.42 Å². The summed E-state index contributed by atoms with van der Waals surface area (Å²) in [5.41, 5.74) is 5.76. The van der Waals surface area contributed by atoms with Gasteiger partial charge in [0.05, 0.1) is 0 Å². The van der Waals surface area contributed by atoms with Crippen LogP contribution in [0.25, 0.3) is 0 Å². The predicted molar refractivity (Wildman–Crippen MR) is 60.2 cm³/mol. The molecule has 1 aliphatic carbocycles. The van der Waals surface area contributed by atoms with Crippen LogP contribution in [-0.4, -0.2) is 31.1 Å². The third-order valence-corrected chi connectivity index (χ3v) is 3.94. The average molecular weight is 196 g/mol. The fraction of sp³-hybridized carbons (Fsp3) is 1.00. The van der Waals surface area contributed by atoms with Crippen molar-refractivity contribution >= 4 is 0 Å². The monoisotopic (exact) mass is 196 g/mol. The van der Waals surface area contributed by atoms with Crippen molar-refractivity contribution in [1.82, 2.24) is 4.90 Å². The molecule has 2 rings (SSSR count). The minimum absolute atomic E-state index is 0.830. The summed E-state index contributed by atoms with van der Waals surface area (Å²) in [6.45, 7) is 4.97. The first kappa shape index (κ1) is 10.4. The Hall–Kier alpha value is -0.0800. The molecule has 0 aromatic rings. The number of likely N-dealkylation sites (tertiary alicyclic amines) is 1. The van der Waals surface area contributed by atoms with Crippen molar-refractivity contribution in [2.45, 2.75) is 38.5 Å². The van der Waals surface area contributed by atoms with Gasteiger partial charge in [-0.3, -0.25) is 0 Å². The van der Waals surface area contributed by atoms with Crippen molar-refractivity contribution in [3.63, 3.8) is 0 Å². The lowest BCUT2D eigenvalue weighted by Gasteiger charge is -2.31. The average Bonchev–Trinajstić information content (AvgIpc) is 2.71. The third kappa shape index (κ3) is 2.71. The molecule has 82 valence electrons. The van der Waals surface area contributed by atoms with Crippen molar-refractivity contribution in [2.75, 3.05) is 26.2 Å². The number of nitrogens with zero attached hydrogens (tertiary/aromatic N) is 1. The van der Waals surface area contributed by atoms with Gasteiger partial charge in [-0.15, -0.1) is 0 Å². The van der Waals surface area contributed by atoms with Gasteiger partial charge in [0.2, 0.25) is 0 Å². The Kier molecular flexibility index (Phi) is 3.82. The van der Waals surface area contributed by atoms with Gasteiger partial charge in [0.15, 0.2) is 0 Å². The molecule has 2 N–H and O–H groups in total. The van der Waals surface area contributed by atoms with Crippen molar-refractivity contribution < 1.29 is 0 Å². The van der Waals surface area contributed by atoms with E-state index in [1.54, 1.807) is 0 Å². The molecule has 2 atom stereocenters. The van der Waals surface area contributed by atoms with Crippen LogP contribution in [0.4, 0.5) is 0 Å². The Bertz CT molecular complexity index is 164. The smallest absolute Gasteiger partial charge is 0.000977 e. The molecular weight excluding hydrogens is 172 g/mol. The molecule has 14 heavy (non-hydrogen) atoms. The summed E-state index contributed by atoms with van der Waals surface area (Å²) in [5, 5.41) is 0. The molecule has 1 saturated carbocycles. The summed E-state index contributed by atoms with van der Waals surface area (Å²) in [5.74, 6) is 1.78. The van der Waals surface area contributed by atoms with Crippen molar-refractivity contribution in [2.24, 2.45) is 17.6 Å². The van der Waals surface area contributed by atoms with Crippen LogP contribution in [0.3, 0.4) is 0 Å². The summed E-state index contributed by atoms with van der Waals surface area (Å²) in [6, 6.07) is 0. The third-order valence-electron chi connectivity index (χ3n) is 3.94. The van der Waals surface area contributed by atoms with Crippen LogP contribution in [0.2, 0.25) is 0 Å². The van der Waals surface area contributed by atoms with E-state index >= 15 is 0 Å². The van der Waals surface area contributed by atoms with Crippen molar-refractivity contribution in [1.29, 1.82) is 0 Å². The molecule has 1 saturated heterocycles. The van der Waals surface area contributed by atoms with Gasteiger partial charge in [-0.25, -0.2) is 0 Å². The summed E-state index contributed by atoms with van der Waals surface area (Å²) in [4.78, 5) is 2.66. The zero-order valence-corrected chi connectivity index (χ0v) is 9.25. The maximum absolute atomic E-state index is 5.76. The Morgan fingerprint density at radius 2 is 1.71 bits per heavy atom. The van der Waals surface area contributed by atoms with Gasteiger partial charge in [0, 0.05) is 6.54 Å². The van der Waals surface area contributed by atoms with Gasteiger partial charge >= 0.3 is 0 Å². The zero-order valence-electron chi connectivity index (χ0n) is 9.25. The molecule has 1 aliphatic heterocycles.